The van der Waals surface area contributed by atoms with Crippen LogP contribution in [0, 0.1) is 5.92 Å². The Morgan fingerprint density at radius 2 is 2.20 bits per heavy atom. The molecule has 0 aromatic heterocycles. The fourth-order valence-corrected chi connectivity index (χ4v) is 1.97. The van der Waals surface area contributed by atoms with Crippen LogP contribution in [0.2, 0.25) is 0 Å². The van der Waals surface area contributed by atoms with Crippen LogP contribution in [0.1, 0.15) is 24.6 Å². The molecule has 0 spiro atoms. The van der Waals surface area contributed by atoms with Crippen LogP contribution in [0.5, 0.6) is 5.75 Å². The van der Waals surface area contributed by atoms with E-state index in [2.05, 4.69) is 0 Å². The van der Waals surface area contributed by atoms with Gasteiger partial charge in [0.2, 0.25) is 0 Å². The number of phenolic OH excluding ortho intramolecular Hbond substituents is 1. The van der Waals surface area contributed by atoms with Crippen LogP contribution in [0.15, 0.2) is 24.3 Å². The maximum absolute atomic E-state index is 14.0. The van der Waals surface area contributed by atoms with Crippen LogP contribution < -0.4 is 0 Å². The van der Waals surface area contributed by atoms with Gasteiger partial charge in [0.05, 0.1) is 6.61 Å². The highest BCUT2D eigenvalue weighted by atomic mass is 19.1. The second-order valence-electron chi connectivity index (χ2n) is 3.94. The van der Waals surface area contributed by atoms with Crippen molar-refractivity contribution in [3.05, 3.63) is 29.8 Å². The van der Waals surface area contributed by atoms with E-state index < -0.39 is 6.17 Å². The molecule has 0 amide bonds. The molecule has 2 rings (SSSR count). The maximum Gasteiger partial charge on any atom is 0.134 e. The molecule has 82 valence electrons. The molecule has 2 unspecified atom stereocenters. The first-order valence-electron chi connectivity index (χ1n) is 5.29. The highest BCUT2D eigenvalue weighted by molar-refractivity contribution is 5.34. The molecule has 0 bridgehead atoms. The Labute approximate surface area is 88.7 Å². The Hall–Kier alpha value is -1.09. The Morgan fingerprint density at radius 3 is 2.87 bits per heavy atom. The van der Waals surface area contributed by atoms with Crippen molar-refractivity contribution in [2.75, 3.05) is 13.2 Å². The van der Waals surface area contributed by atoms with Crippen molar-refractivity contribution in [2.45, 2.75) is 19.0 Å². The zero-order valence-electron chi connectivity index (χ0n) is 8.53. The van der Waals surface area contributed by atoms with Crippen LogP contribution in [0.3, 0.4) is 0 Å². The van der Waals surface area contributed by atoms with E-state index in [-0.39, 0.29) is 11.7 Å². The summed E-state index contributed by atoms with van der Waals surface area (Å²) in [4.78, 5) is 0. The molecule has 0 saturated carbocycles. The summed E-state index contributed by atoms with van der Waals surface area (Å²) >= 11 is 0. The maximum atomic E-state index is 14.0. The molecule has 1 fully saturated rings. The van der Waals surface area contributed by atoms with Gasteiger partial charge in [0.1, 0.15) is 11.9 Å². The van der Waals surface area contributed by atoms with Crippen molar-refractivity contribution in [1.29, 1.82) is 0 Å². The molecule has 15 heavy (non-hydrogen) atoms. The van der Waals surface area contributed by atoms with Gasteiger partial charge in [-0.25, -0.2) is 4.39 Å². The first-order valence-corrected chi connectivity index (χ1v) is 5.29. The first-order chi connectivity index (χ1) is 7.29. The predicted octanol–water partition coefficient (Wildman–Crippen LogP) is 2.83. The highest BCUT2D eigenvalue weighted by Gasteiger charge is 2.26. The van der Waals surface area contributed by atoms with Gasteiger partial charge in [-0.1, -0.05) is 18.2 Å². The molecule has 1 saturated heterocycles. The van der Waals surface area contributed by atoms with E-state index >= 15 is 0 Å². The zero-order chi connectivity index (χ0) is 10.7. The smallest absolute Gasteiger partial charge is 0.134 e. The van der Waals surface area contributed by atoms with Crippen molar-refractivity contribution in [3.63, 3.8) is 0 Å². The SMILES string of the molecule is Oc1ccccc1C(F)C1CCCOC1. The summed E-state index contributed by atoms with van der Waals surface area (Å²) in [5.41, 5.74) is 0.382. The van der Waals surface area contributed by atoms with Gasteiger partial charge in [-0.2, -0.15) is 0 Å². The van der Waals surface area contributed by atoms with Crippen molar-refractivity contribution in [2.24, 2.45) is 5.92 Å². The number of benzene rings is 1. The lowest BCUT2D eigenvalue weighted by Crippen LogP contribution is -2.21. The first kappa shape index (κ1) is 10.4. The van der Waals surface area contributed by atoms with Gasteiger partial charge in [-0.15, -0.1) is 0 Å². The van der Waals surface area contributed by atoms with Gasteiger partial charge < -0.3 is 9.84 Å². The average molecular weight is 210 g/mol. The van der Waals surface area contributed by atoms with E-state index in [1.807, 2.05) is 0 Å². The van der Waals surface area contributed by atoms with E-state index in [4.69, 9.17) is 4.74 Å². The van der Waals surface area contributed by atoms with Crippen LogP contribution in [0.25, 0.3) is 0 Å². The summed E-state index contributed by atoms with van der Waals surface area (Å²) in [6.07, 6.45) is 0.611. The Balaban J connectivity index is 2.12. The Kier molecular flexibility index (Phi) is 3.21. The monoisotopic (exact) mass is 210 g/mol. The van der Waals surface area contributed by atoms with E-state index in [0.717, 1.165) is 19.4 Å². The molecular formula is C12H15FO2. The van der Waals surface area contributed by atoms with Crippen molar-refractivity contribution in [3.8, 4) is 5.75 Å². The third-order valence-electron chi connectivity index (χ3n) is 2.84. The quantitative estimate of drug-likeness (QED) is 0.813. The van der Waals surface area contributed by atoms with Crippen LogP contribution in [-0.4, -0.2) is 18.3 Å². The summed E-state index contributed by atoms with van der Waals surface area (Å²) in [7, 11) is 0. The Bertz CT molecular complexity index is 321. The van der Waals surface area contributed by atoms with Crippen LogP contribution in [0.4, 0.5) is 4.39 Å². The Morgan fingerprint density at radius 1 is 1.40 bits per heavy atom. The summed E-state index contributed by atoms with van der Waals surface area (Å²) in [6.45, 7) is 1.18. The van der Waals surface area contributed by atoms with Crippen LogP contribution >= 0.6 is 0 Å². The van der Waals surface area contributed by atoms with E-state index in [1.165, 1.54) is 6.07 Å². The number of phenols is 1. The summed E-state index contributed by atoms with van der Waals surface area (Å²) < 4.78 is 19.3. The second kappa shape index (κ2) is 4.62. The molecule has 1 aromatic rings. The lowest BCUT2D eigenvalue weighted by molar-refractivity contribution is 0.0192. The normalized spacial score (nSPS) is 23.7. The van der Waals surface area contributed by atoms with Gasteiger partial charge in [-0.3, -0.25) is 0 Å². The number of hydrogen-bond acceptors (Lipinski definition) is 2. The van der Waals surface area contributed by atoms with Gasteiger partial charge in [0.25, 0.3) is 0 Å². The lowest BCUT2D eigenvalue weighted by Gasteiger charge is -2.25. The molecule has 1 N–H and O–H groups in total. The molecule has 1 aromatic carbocycles. The lowest BCUT2D eigenvalue weighted by atomic mass is 9.92. The average Bonchev–Trinajstić information content (AvgIpc) is 2.30. The number of aromatic hydroxyl groups is 1. The summed E-state index contributed by atoms with van der Waals surface area (Å²) in [6, 6.07) is 6.59. The largest absolute Gasteiger partial charge is 0.508 e. The van der Waals surface area contributed by atoms with Crippen LogP contribution in [-0.2, 0) is 4.74 Å². The van der Waals surface area contributed by atoms with Gasteiger partial charge in [-0.05, 0) is 18.9 Å². The molecule has 0 radical (unpaired) electrons. The van der Waals surface area contributed by atoms with E-state index in [1.54, 1.807) is 18.2 Å². The number of hydrogen-bond donors (Lipinski definition) is 1. The summed E-state index contributed by atoms with van der Waals surface area (Å²) in [5.74, 6) is -0.0809. The minimum atomic E-state index is -1.12. The van der Waals surface area contributed by atoms with Crippen molar-refractivity contribution < 1.29 is 14.2 Å². The van der Waals surface area contributed by atoms with Gasteiger partial charge in [0, 0.05) is 18.1 Å². The molecule has 3 heteroatoms. The number of alkyl halides is 1. The van der Waals surface area contributed by atoms with E-state index in [9.17, 15) is 9.50 Å². The number of rotatable bonds is 2. The third-order valence-corrected chi connectivity index (χ3v) is 2.84. The molecule has 1 heterocycles. The number of ether oxygens (including phenoxy) is 1. The van der Waals surface area contributed by atoms with Crippen molar-refractivity contribution in [1.82, 2.24) is 0 Å². The summed E-state index contributed by atoms with van der Waals surface area (Å²) in [5, 5.41) is 9.53. The molecule has 1 aliphatic rings. The molecule has 2 nitrogen and oxygen atoms in total. The number of para-hydroxylation sites is 1. The van der Waals surface area contributed by atoms with Gasteiger partial charge >= 0.3 is 0 Å². The minimum absolute atomic E-state index is 0.0376. The van der Waals surface area contributed by atoms with E-state index in [0.29, 0.717) is 12.2 Å². The highest BCUT2D eigenvalue weighted by Crippen LogP contribution is 2.36. The third kappa shape index (κ3) is 2.29. The fourth-order valence-electron chi connectivity index (χ4n) is 1.97. The predicted molar refractivity (Wildman–Crippen MR) is 55.5 cm³/mol. The topological polar surface area (TPSA) is 29.5 Å². The standard InChI is InChI=1S/C12H15FO2/c13-12(9-4-3-7-15-8-9)10-5-1-2-6-11(10)14/h1-2,5-6,9,12,14H,3-4,7-8H2. The fraction of sp³-hybridized carbons (Fsp3) is 0.500. The molecule has 1 aliphatic heterocycles. The zero-order valence-corrected chi connectivity index (χ0v) is 8.53. The second-order valence-corrected chi connectivity index (χ2v) is 3.94. The molecule has 2 atom stereocenters. The number of halogens is 1. The van der Waals surface area contributed by atoms with Crippen molar-refractivity contribution >= 4 is 0 Å². The molecule has 0 aliphatic carbocycles. The molecular weight excluding hydrogens is 195 g/mol. The van der Waals surface area contributed by atoms with Gasteiger partial charge in [0.15, 0.2) is 0 Å². The minimum Gasteiger partial charge on any atom is -0.508 e.